The number of hydrogen-bond donors (Lipinski definition) is 0. The number of piperidine rings is 1. The maximum atomic E-state index is 13.4. The van der Waals surface area contributed by atoms with Crippen molar-refractivity contribution in [1.82, 2.24) is 24.4 Å². The van der Waals surface area contributed by atoms with Crippen LogP contribution in [-0.4, -0.2) is 69.6 Å². The summed E-state index contributed by atoms with van der Waals surface area (Å²) in [5.74, 6) is 0.839. The van der Waals surface area contributed by atoms with Crippen LogP contribution in [0.25, 0.3) is 16.9 Å². The lowest BCUT2D eigenvalue weighted by atomic mass is 10.0. The molecule has 1 amide bonds. The highest BCUT2D eigenvalue weighted by atomic mass is 16.5. The molecule has 2 aliphatic rings. The van der Waals surface area contributed by atoms with Crippen molar-refractivity contribution in [2.45, 2.75) is 31.7 Å². The summed E-state index contributed by atoms with van der Waals surface area (Å²) in [6.07, 6.45) is 8.19. The molecule has 1 aromatic carbocycles. The molecule has 2 aromatic heterocycles. The van der Waals surface area contributed by atoms with Gasteiger partial charge in [-0.2, -0.15) is 5.10 Å². The Labute approximate surface area is 176 Å². The topological polar surface area (TPSA) is 63.0 Å². The third-order valence-corrected chi connectivity index (χ3v) is 6.36. The average molecular weight is 406 g/mol. The van der Waals surface area contributed by atoms with E-state index in [4.69, 9.17) is 4.74 Å². The fourth-order valence-electron chi connectivity index (χ4n) is 4.74. The van der Waals surface area contributed by atoms with E-state index >= 15 is 0 Å². The Bertz CT molecular complexity index is 1040. The molecular formula is C23H27N5O2. The van der Waals surface area contributed by atoms with Crippen LogP contribution in [0.2, 0.25) is 0 Å². The van der Waals surface area contributed by atoms with Gasteiger partial charge in [0.05, 0.1) is 19.0 Å². The predicted octanol–water partition coefficient (Wildman–Crippen LogP) is 3.11. The molecule has 0 N–H and O–H groups in total. The number of methoxy groups -OCH3 is 1. The zero-order valence-corrected chi connectivity index (χ0v) is 17.3. The van der Waals surface area contributed by atoms with Crippen LogP contribution in [0.3, 0.4) is 0 Å². The van der Waals surface area contributed by atoms with Crippen LogP contribution in [0.15, 0.2) is 42.7 Å². The Hall–Kier alpha value is -2.93. The zero-order valence-electron chi connectivity index (χ0n) is 17.3. The second-order valence-corrected chi connectivity index (χ2v) is 8.14. The molecule has 2 fully saturated rings. The second-order valence-electron chi connectivity index (χ2n) is 8.14. The van der Waals surface area contributed by atoms with Crippen LogP contribution in [0.5, 0.6) is 5.75 Å². The van der Waals surface area contributed by atoms with Crippen molar-refractivity contribution in [3.8, 4) is 17.0 Å². The first-order chi connectivity index (χ1) is 14.7. The molecule has 2 aliphatic heterocycles. The van der Waals surface area contributed by atoms with Crippen LogP contribution in [0, 0.1) is 0 Å². The summed E-state index contributed by atoms with van der Waals surface area (Å²) in [4.78, 5) is 22.4. The van der Waals surface area contributed by atoms with Crippen LogP contribution < -0.4 is 4.74 Å². The number of likely N-dealkylation sites (tertiary alicyclic amines) is 2. The van der Waals surface area contributed by atoms with E-state index < -0.39 is 0 Å². The molecule has 0 aliphatic carbocycles. The van der Waals surface area contributed by atoms with Gasteiger partial charge in [0.2, 0.25) is 0 Å². The van der Waals surface area contributed by atoms with Gasteiger partial charge in [0.15, 0.2) is 5.65 Å². The summed E-state index contributed by atoms with van der Waals surface area (Å²) >= 11 is 0. The molecule has 0 bridgehead atoms. The second kappa shape index (κ2) is 8.07. The summed E-state index contributed by atoms with van der Waals surface area (Å²) in [6, 6.07) is 10.2. The van der Waals surface area contributed by atoms with E-state index in [-0.39, 0.29) is 5.91 Å². The van der Waals surface area contributed by atoms with Gasteiger partial charge in [0.25, 0.3) is 5.91 Å². The first kappa shape index (κ1) is 19.1. The number of ether oxygens (including phenoxy) is 1. The molecule has 30 heavy (non-hydrogen) atoms. The van der Waals surface area contributed by atoms with Gasteiger partial charge in [-0.25, -0.2) is 9.50 Å². The SMILES string of the molecule is COc1ccc(-c2ccnc3c(C(=O)N4CCC[C@H](N5CCCC5)C4)cnn23)cc1. The minimum Gasteiger partial charge on any atom is -0.497 e. The molecule has 0 unspecified atom stereocenters. The average Bonchev–Trinajstić information content (AvgIpc) is 3.49. The van der Waals surface area contributed by atoms with Gasteiger partial charge in [-0.3, -0.25) is 9.69 Å². The van der Waals surface area contributed by atoms with Crippen LogP contribution in [0.1, 0.15) is 36.0 Å². The Balaban J connectivity index is 1.42. The molecule has 4 heterocycles. The molecule has 0 radical (unpaired) electrons. The standard InChI is InChI=1S/C23H27N5O2/c1-30-19-8-6-17(7-9-19)21-10-11-24-22-20(15-25-28(21)22)23(29)27-14-4-5-18(16-27)26-12-2-3-13-26/h6-11,15,18H,2-5,12-14,16H2,1H3/t18-/m0/s1. The van der Waals surface area contributed by atoms with Gasteiger partial charge >= 0.3 is 0 Å². The monoisotopic (exact) mass is 405 g/mol. The summed E-state index contributed by atoms with van der Waals surface area (Å²) in [5, 5.41) is 4.51. The van der Waals surface area contributed by atoms with Gasteiger partial charge in [-0.05, 0) is 69.1 Å². The van der Waals surface area contributed by atoms with Crippen LogP contribution in [-0.2, 0) is 0 Å². The molecule has 7 heteroatoms. The molecule has 156 valence electrons. The lowest BCUT2D eigenvalue weighted by molar-refractivity contribution is 0.0609. The first-order valence-corrected chi connectivity index (χ1v) is 10.7. The maximum absolute atomic E-state index is 13.4. The molecule has 2 saturated heterocycles. The smallest absolute Gasteiger partial charge is 0.259 e. The highest BCUT2D eigenvalue weighted by Crippen LogP contribution is 2.25. The van der Waals surface area contributed by atoms with E-state index in [1.807, 2.05) is 35.2 Å². The van der Waals surface area contributed by atoms with E-state index in [1.165, 1.54) is 19.3 Å². The summed E-state index contributed by atoms with van der Waals surface area (Å²) in [6.45, 7) is 3.93. The van der Waals surface area contributed by atoms with Crippen LogP contribution in [0.4, 0.5) is 0 Å². The lowest BCUT2D eigenvalue weighted by Gasteiger charge is -2.37. The largest absolute Gasteiger partial charge is 0.497 e. The summed E-state index contributed by atoms with van der Waals surface area (Å²) in [5.41, 5.74) is 3.08. The number of nitrogens with zero attached hydrogens (tertiary/aromatic N) is 5. The Morgan fingerprint density at radius 1 is 1.07 bits per heavy atom. The number of hydrogen-bond acceptors (Lipinski definition) is 5. The number of carbonyl (C=O) groups excluding carboxylic acids is 1. The third kappa shape index (κ3) is 3.43. The number of amides is 1. The van der Waals surface area contributed by atoms with E-state index in [2.05, 4.69) is 15.0 Å². The van der Waals surface area contributed by atoms with Gasteiger partial charge in [0.1, 0.15) is 11.3 Å². The van der Waals surface area contributed by atoms with Crippen molar-refractivity contribution in [3.63, 3.8) is 0 Å². The van der Waals surface area contributed by atoms with Gasteiger partial charge in [-0.15, -0.1) is 0 Å². The fraction of sp³-hybridized carbons (Fsp3) is 0.435. The van der Waals surface area contributed by atoms with Crippen molar-refractivity contribution >= 4 is 11.6 Å². The van der Waals surface area contributed by atoms with Crippen molar-refractivity contribution in [2.75, 3.05) is 33.3 Å². The maximum Gasteiger partial charge on any atom is 0.259 e. The molecule has 7 nitrogen and oxygen atoms in total. The number of benzene rings is 1. The molecule has 3 aromatic rings. The number of rotatable bonds is 4. The minimum absolute atomic E-state index is 0.0354. The van der Waals surface area contributed by atoms with Gasteiger partial charge < -0.3 is 9.64 Å². The Morgan fingerprint density at radius 3 is 2.63 bits per heavy atom. The molecule has 0 spiro atoms. The number of fused-ring (bicyclic) bond motifs is 1. The number of aromatic nitrogens is 3. The van der Waals surface area contributed by atoms with Crippen molar-refractivity contribution < 1.29 is 9.53 Å². The normalized spacial score (nSPS) is 20.0. The van der Waals surface area contributed by atoms with E-state index in [1.54, 1.807) is 24.0 Å². The minimum atomic E-state index is 0.0354. The fourth-order valence-corrected chi connectivity index (χ4v) is 4.74. The lowest BCUT2D eigenvalue weighted by Crippen LogP contribution is -2.49. The quantitative estimate of drug-likeness (QED) is 0.667. The summed E-state index contributed by atoms with van der Waals surface area (Å²) < 4.78 is 7.01. The number of carbonyl (C=O) groups is 1. The van der Waals surface area contributed by atoms with Crippen molar-refractivity contribution in [3.05, 3.63) is 48.3 Å². The van der Waals surface area contributed by atoms with Gasteiger partial charge in [0, 0.05) is 30.9 Å². The molecule has 1 atom stereocenters. The molecular weight excluding hydrogens is 378 g/mol. The van der Waals surface area contributed by atoms with E-state index in [0.29, 0.717) is 17.3 Å². The van der Waals surface area contributed by atoms with E-state index in [9.17, 15) is 4.79 Å². The van der Waals surface area contributed by atoms with E-state index in [0.717, 1.165) is 49.6 Å². The van der Waals surface area contributed by atoms with Crippen molar-refractivity contribution in [1.29, 1.82) is 0 Å². The Kier molecular flexibility index (Phi) is 5.12. The van der Waals surface area contributed by atoms with Gasteiger partial charge in [-0.1, -0.05) is 0 Å². The molecule has 5 rings (SSSR count). The van der Waals surface area contributed by atoms with Crippen molar-refractivity contribution in [2.24, 2.45) is 0 Å². The Morgan fingerprint density at radius 2 is 1.87 bits per heavy atom. The van der Waals surface area contributed by atoms with Crippen LogP contribution >= 0.6 is 0 Å². The highest BCUT2D eigenvalue weighted by Gasteiger charge is 2.31. The first-order valence-electron chi connectivity index (χ1n) is 10.7. The summed E-state index contributed by atoms with van der Waals surface area (Å²) in [7, 11) is 1.65. The molecule has 0 saturated carbocycles. The highest BCUT2D eigenvalue weighted by molar-refractivity contribution is 6.00. The predicted molar refractivity (Wildman–Crippen MR) is 115 cm³/mol. The zero-order chi connectivity index (χ0) is 20.5. The third-order valence-electron chi connectivity index (χ3n) is 6.36.